The molecule has 2 amide bonds. The number of amides is 2. The molecule has 0 fully saturated rings. The van der Waals surface area contributed by atoms with E-state index >= 15 is 0 Å². The van der Waals surface area contributed by atoms with E-state index in [4.69, 9.17) is 11.6 Å². The topological polar surface area (TPSA) is 105 Å². The van der Waals surface area contributed by atoms with E-state index in [1.807, 2.05) is 0 Å². The minimum absolute atomic E-state index is 0.00397. The zero-order chi connectivity index (χ0) is 18.6. The van der Waals surface area contributed by atoms with Gasteiger partial charge in [-0.3, -0.25) is 9.59 Å². The van der Waals surface area contributed by atoms with Crippen LogP contribution in [0.3, 0.4) is 0 Å². The molecule has 0 aliphatic carbocycles. The number of sulfone groups is 1. The molecule has 2 rings (SSSR count). The van der Waals surface area contributed by atoms with Crippen LogP contribution in [0.25, 0.3) is 0 Å². The van der Waals surface area contributed by atoms with Gasteiger partial charge >= 0.3 is 0 Å². The maximum absolute atomic E-state index is 12.2. The van der Waals surface area contributed by atoms with E-state index in [0.717, 1.165) is 0 Å². The first-order chi connectivity index (χ1) is 11.7. The number of rotatable bonds is 6. The summed E-state index contributed by atoms with van der Waals surface area (Å²) < 4.78 is 24.4. The molecule has 0 spiro atoms. The highest BCUT2D eigenvalue weighted by molar-refractivity contribution is 7.92. The summed E-state index contributed by atoms with van der Waals surface area (Å²) in [5, 5.41) is 6.51. The largest absolute Gasteiger partial charge is 0.343 e. The van der Waals surface area contributed by atoms with Crippen molar-refractivity contribution >= 4 is 49.7 Å². The van der Waals surface area contributed by atoms with Crippen LogP contribution in [-0.4, -0.2) is 37.0 Å². The van der Waals surface area contributed by atoms with Crippen molar-refractivity contribution in [3.63, 3.8) is 0 Å². The van der Waals surface area contributed by atoms with E-state index in [1.54, 1.807) is 25.4 Å². The Kier molecular flexibility index (Phi) is 6.15. The van der Waals surface area contributed by atoms with Crippen LogP contribution in [0.1, 0.15) is 24.2 Å². The molecule has 2 aromatic rings. The molecule has 1 aromatic heterocycles. The number of carbonyl (C=O) groups excluding carboxylic acids is 2. The number of hydrogen-bond donors (Lipinski definition) is 2. The van der Waals surface area contributed by atoms with E-state index < -0.39 is 26.9 Å². The minimum Gasteiger partial charge on any atom is -0.343 e. The summed E-state index contributed by atoms with van der Waals surface area (Å²) in [6.07, 6.45) is 1.54. The third-order valence-electron chi connectivity index (χ3n) is 3.22. The van der Waals surface area contributed by atoms with E-state index in [2.05, 4.69) is 15.6 Å². The lowest BCUT2D eigenvalue weighted by Crippen LogP contribution is -2.33. The second-order valence-electron chi connectivity index (χ2n) is 5.30. The predicted octanol–water partition coefficient (Wildman–Crippen LogP) is 2.35. The fourth-order valence-corrected chi connectivity index (χ4v) is 3.66. The SMILES string of the molecule is CC(C)S(=O)(=O)c1ccc(Cl)c(C(=O)NCC(=O)Nc2nccs2)c1. The molecule has 10 heteroatoms. The van der Waals surface area contributed by atoms with E-state index in [-0.39, 0.29) is 22.0 Å². The van der Waals surface area contributed by atoms with Crippen molar-refractivity contribution in [3.05, 3.63) is 40.4 Å². The molecule has 0 saturated carbocycles. The summed E-state index contributed by atoms with van der Waals surface area (Å²) in [7, 11) is -3.54. The molecule has 0 atom stereocenters. The third-order valence-corrected chi connectivity index (χ3v) is 6.39. The van der Waals surface area contributed by atoms with Gasteiger partial charge in [-0.15, -0.1) is 11.3 Å². The Morgan fingerprint density at radius 3 is 2.64 bits per heavy atom. The van der Waals surface area contributed by atoms with Crippen molar-refractivity contribution in [2.45, 2.75) is 24.0 Å². The maximum atomic E-state index is 12.2. The number of benzene rings is 1. The van der Waals surface area contributed by atoms with Crippen molar-refractivity contribution < 1.29 is 18.0 Å². The van der Waals surface area contributed by atoms with Gasteiger partial charge in [0, 0.05) is 11.6 Å². The molecule has 7 nitrogen and oxygen atoms in total. The van der Waals surface area contributed by atoms with Crippen LogP contribution < -0.4 is 10.6 Å². The molecular weight excluding hydrogens is 386 g/mol. The molecule has 0 saturated heterocycles. The van der Waals surface area contributed by atoms with Gasteiger partial charge in [-0.2, -0.15) is 0 Å². The molecule has 0 bridgehead atoms. The zero-order valence-corrected chi connectivity index (χ0v) is 15.8. The van der Waals surface area contributed by atoms with Gasteiger partial charge in [0.1, 0.15) is 0 Å². The predicted molar refractivity (Wildman–Crippen MR) is 96.9 cm³/mol. The van der Waals surface area contributed by atoms with E-state index in [0.29, 0.717) is 5.13 Å². The lowest BCUT2D eigenvalue weighted by atomic mass is 10.2. The summed E-state index contributed by atoms with van der Waals surface area (Å²) in [6.45, 7) is 2.80. The lowest BCUT2D eigenvalue weighted by Gasteiger charge is -2.11. The number of halogens is 1. The molecule has 134 valence electrons. The zero-order valence-electron chi connectivity index (χ0n) is 13.4. The van der Waals surface area contributed by atoms with Crippen molar-refractivity contribution in [2.75, 3.05) is 11.9 Å². The Bertz CT molecular complexity index is 880. The van der Waals surface area contributed by atoms with Gasteiger partial charge in [-0.05, 0) is 32.0 Å². The van der Waals surface area contributed by atoms with Crippen LogP contribution in [0.2, 0.25) is 5.02 Å². The van der Waals surface area contributed by atoms with Gasteiger partial charge in [-0.25, -0.2) is 13.4 Å². The van der Waals surface area contributed by atoms with E-state index in [1.165, 1.54) is 29.5 Å². The standard InChI is InChI=1S/C15H16ClN3O4S2/c1-9(2)25(22,23)10-3-4-12(16)11(7-10)14(21)18-8-13(20)19-15-17-5-6-24-15/h3-7,9H,8H2,1-2H3,(H,18,21)(H,17,19,20). The number of carbonyl (C=O) groups is 2. The van der Waals surface area contributed by atoms with Gasteiger partial charge in [0.05, 0.1) is 27.3 Å². The summed E-state index contributed by atoms with van der Waals surface area (Å²) in [6, 6.07) is 3.91. The molecule has 0 radical (unpaired) electrons. The van der Waals surface area contributed by atoms with Crippen LogP contribution >= 0.6 is 22.9 Å². The Morgan fingerprint density at radius 1 is 1.32 bits per heavy atom. The molecular formula is C15H16ClN3O4S2. The van der Waals surface area contributed by atoms with Crippen molar-refractivity contribution in [1.29, 1.82) is 0 Å². The highest BCUT2D eigenvalue weighted by Gasteiger charge is 2.22. The van der Waals surface area contributed by atoms with Crippen LogP contribution in [0.4, 0.5) is 5.13 Å². The second kappa shape index (κ2) is 7.94. The second-order valence-corrected chi connectivity index (χ2v) is 9.11. The summed E-state index contributed by atoms with van der Waals surface area (Å²) in [4.78, 5) is 27.9. The number of thiazole rings is 1. The number of hydrogen-bond acceptors (Lipinski definition) is 6. The average Bonchev–Trinajstić information content (AvgIpc) is 3.05. The van der Waals surface area contributed by atoms with E-state index in [9.17, 15) is 18.0 Å². The number of aromatic nitrogens is 1. The highest BCUT2D eigenvalue weighted by atomic mass is 35.5. The first-order valence-corrected chi connectivity index (χ1v) is 10.0. The average molecular weight is 402 g/mol. The monoisotopic (exact) mass is 401 g/mol. The Balaban J connectivity index is 2.09. The summed E-state index contributed by atoms with van der Waals surface area (Å²) >= 11 is 7.23. The Hall–Kier alpha value is -1.97. The van der Waals surface area contributed by atoms with Crippen molar-refractivity contribution in [1.82, 2.24) is 10.3 Å². The van der Waals surface area contributed by atoms with Crippen LogP contribution in [0, 0.1) is 0 Å². The summed E-state index contributed by atoms with van der Waals surface area (Å²) in [5.74, 6) is -1.09. The molecule has 1 heterocycles. The molecule has 0 aliphatic rings. The minimum atomic E-state index is -3.54. The fraction of sp³-hybridized carbons (Fsp3) is 0.267. The van der Waals surface area contributed by atoms with Crippen LogP contribution in [0.5, 0.6) is 0 Å². The first-order valence-electron chi connectivity index (χ1n) is 7.23. The Morgan fingerprint density at radius 2 is 2.04 bits per heavy atom. The third kappa shape index (κ3) is 4.77. The number of anilines is 1. The number of nitrogens with zero attached hydrogens (tertiary/aromatic N) is 1. The molecule has 0 unspecified atom stereocenters. The molecule has 1 aromatic carbocycles. The lowest BCUT2D eigenvalue weighted by molar-refractivity contribution is -0.115. The molecule has 2 N–H and O–H groups in total. The molecule has 25 heavy (non-hydrogen) atoms. The van der Waals surface area contributed by atoms with Gasteiger partial charge in [0.25, 0.3) is 5.91 Å². The quantitative estimate of drug-likeness (QED) is 0.772. The Labute approximate surface area is 154 Å². The first kappa shape index (κ1) is 19.4. The normalized spacial score (nSPS) is 11.4. The maximum Gasteiger partial charge on any atom is 0.253 e. The number of nitrogens with one attached hydrogen (secondary N) is 2. The van der Waals surface area contributed by atoms with Gasteiger partial charge in [0.15, 0.2) is 15.0 Å². The molecule has 0 aliphatic heterocycles. The van der Waals surface area contributed by atoms with Crippen LogP contribution in [-0.2, 0) is 14.6 Å². The van der Waals surface area contributed by atoms with Crippen molar-refractivity contribution in [3.8, 4) is 0 Å². The summed E-state index contributed by atoms with van der Waals surface area (Å²) in [5.41, 5.74) is -0.00885. The van der Waals surface area contributed by atoms with Gasteiger partial charge in [0.2, 0.25) is 5.91 Å². The van der Waals surface area contributed by atoms with Crippen molar-refractivity contribution in [2.24, 2.45) is 0 Å². The van der Waals surface area contributed by atoms with Gasteiger partial charge < -0.3 is 10.6 Å². The van der Waals surface area contributed by atoms with Gasteiger partial charge in [-0.1, -0.05) is 11.6 Å². The smallest absolute Gasteiger partial charge is 0.253 e. The van der Waals surface area contributed by atoms with Crippen LogP contribution in [0.15, 0.2) is 34.7 Å². The fourth-order valence-electron chi connectivity index (χ4n) is 1.83. The highest BCUT2D eigenvalue weighted by Crippen LogP contribution is 2.23.